The Bertz CT molecular complexity index is 1230. The molecule has 0 atom stereocenters. The molecular formula is C25H26N2O5S. The summed E-state index contributed by atoms with van der Waals surface area (Å²) in [6.45, 7) is 2.89. The van der Waals surface area contributed by atoms with Crippen LogP contribution in [0.2, 0.25) is 0 Å². The minimum Gasteiger partial charge on any atom is -0.459 e. The van der Waals surface area contributed by atoms with E-state index in [9.17, 15) is 18.0 Å². The first-order valence-electron chi connectivity index (χ1n) is 10.8. The Labute approximate surface area is 193 Å². The summed E-state index contributed by atoms with van der Waals surface area (Å²) in [6.07, 6.45) is 2.81. The highest BCUT2D eigenvalue weighted by Crippen LogP contribution is 2.19. The van der Waals surface area contributed by atoms with E-state index in [4.69, 9.17) is 4.42 Å². The summed E-state index contributed by atoms with van der Waals surface area (Å²) in [4.78, 5) is 27.2. The van der Waals surface area contributed by atoms with Gasteiger partial charge < -0.3 is 14.6 Å². The van der Waals surface area contributed by atoms with Crippen molar-refractivity contribution in [2.24, 2.45) is 0 Å². The molecule has 0 aliphatic carbocycles. The number of benzene rings is 2. The topological polar surface area (TPSA) is 96.7 Å². The quantitative estimate of drug-likeness (QED) is 0.599. The lowest BCUT2D eigenvalue weighted by Crippen LogP contribution is -2.46. The number of aryl methyl sites for hydroxylation is 1. The third-order valence-electron chi connectivity index (χ3n) is 5.85. The highest BCUT2D eigenvalue weighted by atomic mass is 32.2. The van der Waals surface area contributed by atoms with Gasteiger partial charge in [-0.25, -0.2) is 8.42 Å². The maximum Gasteiger partial charge on any atom is 0.287 e. The van der Waals surface area contributed by atoms with Gasteiger partial charge in [0.2, 0.25) is 0 Å². The number of carbonyl (C=O) groups excluding carboxylic acids is 2. The fourth-order valence-electron chi connectivity index (χ4n) is 3.94. The van der Waals surface area contributed by atoms with Crippen LogP contribution in [0.5, 0.6) is 0 Å². The molecular weight excluding hydrogens is 440 g/mol. The molecule has 7 nitrogen and oxygen atoms in total. The Morgan fingerprint density at radius 2 is 1.67 bits per heavy atom. The first-order valence-corrected chi connectivity index (χ1v) is 12.5. The minimum absolute atomic E-state index is 0.0170. The molecule has 0 radical (unpaired) electrons. The van der Waals surface area contributed by atoms with E-state index < -0.39 is 9.84 Å². The largest absolute Gasteiger partial charge is 0.459 e. The number of likely N-dealkylation sites (tertiary alicyclic amines) is 1. The number of nitrogens with one attached hydrogen (secondary N) is 1. The third kappa shape index (κ3) is 5.34. The van der Waals surface area contributed by atoms with Gasteiger partial charge in [0.05, 0.1) is 16.9 Å². The molecule has 1 aromatic heterocycles. The lowest BCUT2D eigenvalue weighted by atomic mass is 10.0. The molecule has 2 aromatic carbocycles. The minimum atomic E-state index is -3.44. The predicted octanol–water partition coefficient (Wildman–Crippen LogP) is 3.60. The molecule has 1 saturated heterocycles. The van der Waals surface area contributed by atoms with E-state index in [1.165, 1.54) is 6.26 Å². The number of sulfone groups is 1. The van der Waals surface area contributed by atoms with Crippen molar-refractivity contribution in [1.29, 1.82) is 0 Å². The molecule has 1 aliphatic rings. The van der Waals surface area contributed by atoms with Crippen molar-refractivity contribution in [3.63, 3.8) is 0 Å². The monoisotopic (exact) mass is 466 g/mol. The summed E-state index contributed by atoms with van der Waals surface area (Å²) in [5.41, 5.74) is 1.94. The number of furan rings is 1. The van der Waals surface area contributed by atoms with E-state index in [-0.39, 0.29) is 28.5 Å². The van der Waals surface area contributed by atoms with Crippen LogP contribution in [0, 0.1) is 6.92 Å². The zero-order valence-corrected chi connectivity index (χ0v) is 19.2. The predicted molar refractivity (Wildman–Crippen MR) is 124 cm³/mol. The van der Waals surface area contributed by atoms with E-state index in [2.05, 4.69) is 5.32 Å². The lowest BCUT2D eigenvalue weighted by molar-refractivity contribution is 0.0695. The molecule has 8 heteroatoms. The van der Waals surface area contributed by atoms with Gasteiger partial charge in [0, 0.05) is 30.3 Å². The first kappa shape index (κ1) is 22.8. The van der Waals surface area contributed by atoms with Gasteiger partial charge in [0.25, 0.3) is 11.8 Å². The number of piperidine rings is 1. The van der Waals surface area contributed by atoms with Gasteiger partial charge in [-0.05, 0) is 55.7 Å². The molecule has 0 saturated carbocycles. The second-order valence-electron chi connectivity index (χ2n) is 8.24. The highest BCUT2D eigenvalue weighted by molar-refractivity contribution is 7.90. The lowest BCUT2D eigenvalue weighted by Gasteiger charge is -2.32. The van der Waals surface area contributed by atoms with Gasteiger partial charge in [0.15, 0.2) is 15.6 Å². The van der Waals surface area contributed by atoms with Crippen LogP contribution in [0.25, 0.3) is 0 Å². The van der Waals surface area contributed by atoms with E-state index >= 15 is 0 Å². The maximum atomic E-state index is 12.9. The number of hydrogen-bond donors (Lipinski definition) is 1. The summed E-state index contributed by atoms with van der Waals surface area (Å²) < 4.78 is 30.4. The second kappa shape index (κ2) is 9.62. The molecule has 172 valence electrons. The molecule has 1 aliphatic heterocycles. The Morgan fingerprint density at radius 3 is 2.27 bits per heavy atom. The standard InChI is InChI=1S/C25H26N2O5S/c1-18-13-16-32-23(18)24(28)26-21-11-14-27(15-12-21)25(29)20-9-7-19(8-10-20)17-33(30,31)22-5-3-2-4-6-22/h2-10,13,16,21H,11-12,14-15,17H2,1H3,(H,26,28). The fraction of sp³-hybridized carbons (Fsp3) is 0.280. The molecule has 0 spiro atoms. The van der Waals surface area contributed by atoms with E-state index in [1.807, 2.05) is 6.92 Å². The fourth-order valence-corrected chi connectivity index (χ4v) is 5.31. The van der Waals surface area contributed by atoms with Gasteiger partial charge in [-0.2, -0.15) is 0 Å². The zero-order chi connectivity index (χ0) is 23.4. The number of rotatable bonds is 6. The average Bonchev–Trinajstić information content (AvgIpc) is 3.26. The summed E-state index contributed by atoms with van der Waals surface area (Å²) in [7, 11) is -3.44. The Balaban J connectivity index is 1.32. The molecule has 0 bridgehead atoms. The van der Waals surface area contributed by atoms with Crippen LogP contribution in [0.1, 0.15) is 44.9 Å². The zero-order valence-electron chi connectivity index (χ0n) is 18.4. The van der Waals surface area contributed by atoms with E-state index in [0.29, 0.717) is 42.8 Å². The molecule has 4 rings (SSSR count). The van der Waals surface area contributed by atoms with Crippen molar-refractivity contribution in [2.75, 3.05) is 13.1 Å². The van der Waals surface area contributed by atoms with Crippen LogP contribution in [0.4, 0.5) is 0 Å². The Morgan fingerprint density at radius 1 is 1.00 bits per heavy atom. The second-order valence-corrected chi connectivity index (χ2v) is 10.2. The smallest absolute Gasteiger partial charge is 0.287 e. The maximum absolute atomic E-state index is 12.9. The number of nitrogens with zero attached hydrogens (tertiary/aromatic N) is 1. The number of hydrogen-bond acceptors (Lipinski definition) is 5. The highest BCUT2D eigenvalue weighted by Gasteiger charge is 2.26. The molecule has 33 heavy (non-hydrogen) atoms. The van der Waals surface area contributed by atoms with Gasteiger partial charge >= 0.3 is 0 Å². The summed E-state index contributed by atoms with van der Waals surface area (Å²) in [5, 5.41) is 2.98. The van der Waals surface area contributed by atoms with Crippen molar-refractivity contribution in [3.05, 3.63) is 89.4 Å². The normalized spacial score (nSPS) is 14.8. The van der Waals surface area contributed by atoms with Gasteiger partial charge in [-0.15, -0.1) is 0 Å². The molecule has 3 aromatic rings. The molecule has 1 fully saturated rings. The van der Waals surface area contributed by atoms with Crippen molar-refractivity contribution in [1.82, 2.24) is 10.2 Å². The van der Waals surface area contributed by atoms with Crippen molar-refractivity contribution in [2.45, 2.75) is 36.5 Å². The Kier molecular flexibility index (Phi) is 6.65. The van der Waals surface area contributed by atoms with Crippen LogP contribution in [0.3, 0.4) is 0 Å². The average molecular weight is 467 g/mol. The van der Waals surface area contributed by atoms with Gasteiger partial charge in [-0.3, -0.25) is 9.59 Å². The molecule has 0 unspecified atom stereocenters. The van der Waals surface area contributed by atoms with Crippen molar-refractivity contribution >= 4 is 21.7 Å². The van der Waals surface area contributed by atoms with Crippen LogP contribution in [-0.4, -0.2) is 44.3 Å². The van der Waals surface area contributed by atoms with Crippen molar-refractivity contribution in [3.8, 4) is 0 Å². The van der Waals surface area contributed by atoms with Gasteiger partial charge in [0.1, 0.15) is 0 Å². The molecule has 1 N–H and O–H groups in total. The van der Waals surface area contributed by atoms with Crippen LogP contribution in [0.15, 0.2) is 76.2 Å². The van der Waals surface area contributed by atoms with Crippen LogP contribution in [-0.2, 0) is 15.6 Å². The van der Waals surface area contributed by atoms with Crippen molar-refractivity contribution < 1.29 is 22.4 Å². The molecule has 2 heterocycles. The summed E-state index contributed by atoms with van der Waals surface area (Å²) in [6, 6.07) is 16.8. The number of carbonyl (C=O) groups is 2. The molecule has 2 amide bonds. The third-order valence-corrected chi connectivity index (χ3v) is 7.55. The Hall–Kier alpha value is -3.39. The van der Waals surface area contributed by atoms with Crippen LogP contribution < -0.4 is 5.32 Å². The summed E-state index contributed by atoms with van der Waals surface area (Å²) in [5.74, 6) is -0.128. The number of amides is 2. The first-order chi connectivity index (χ1) is 15.8. The SMILES string of the molecule is Cc1ccoc1C(=O)NC1CCN(C(=O)c2ccc(CS(=O)(=O)c3ccccc3)cc2)CC1. The van der Waals surface area contributed by atoms with E-state index in [1.54, 1.807) is 65.6 Å². The summed E-state index contributed by atoms with van der Waals surface area (Å²) >= 11 is 0. The van der Waals surface area contributed by atoms with Crippen LogP contribution >= 0.6 is 0 Å². The van der Waals surface area contributed by atoms with Gasteiger partial charge in [-0.1, -0.05) is 30.3 Å². The van der Waals surface area contributed by atoms with E-state index in [0.717, 1.165) is 5.56 Å².